The van der Waals surface area contributed by atoms with E-state index in [4.69, 9.17) is 0 Å². The van der Waals surface area contributed by atoms with Gasteiger partial charge in [0.2, 0.25) is 5.91 Å². The highest BCUT2D eigenvalue weighted by molar-refractivity contribution is 5.81. The van der Waals surface area contributed by atoms with Crippen molar-refractivity contribution in [3.05, 3.63) is 40.4 Å². The molecule has 1 aromatic heterocycles. The van der Waals surface area contributed by atoms with Gasteiger partial charge in [-0.25, -0.2) is 4.98 Å². The number of hydrogen-bond acceptors (Lipinski definition) is 3. The van der Waals surface area contributed by atoms with Gasteiger partial charge in [0, 0.05) is 6.54 Å². The van der Waals surface area contributed by atoms with Crippen LogP contribution in [0.4, 0.5) is 0 Å². The summed E-state index contributed by atoms with van der Waals surface area (Å²) in [5.41, 5.74) is 1.46. The minimum Gasteiger partial charge on any atom is -0.355 e. The zero-order valence-corrected chi connectivity index (χ0v) is 10.4. The van der Waals surface area contributed by atoms with Crippen molar-refractivity contribution < 1.29 is 4.79 Å². The van der Waals surface area contributed by atoms with Crippen molar-refractivity contribution in [3.63, 3.8) is 0 Å². The van der Waals surface area contributed by atoms with Crippen LogP contribution >= 0.6 is 0 Å². The monoisotopic (exact) mass is 245 g/mol. The Bertz CT molecular complexity index is 646. The van der Waals surface area contributed by atoms with E-state index in [2.05, 4.69) is 10.3 Å². The fraction of sp³-hybridized carbons (Fsp3) is 0.308. The number of rotatable bonds is 3. The van der Waals surface area contributed by atoms with Crippen molar-refractivity contribution in [3.8, 4) is 0 Å². The van der Waals surface area contributed by atoms with Gasteiger partial charge in [0.15, 0.2) is 0 Å². The van der Waals surface area contributed by atoms with Gasteiger partial charge >= 0.3 is 0 Å². The van der Waals surface area contributed by atoms with E-state index in [1.165, 1.54) is 10.9 Å². The normalized spacial score (nSPS) is 10.6. The van der Waals surface area contributed by atoms with Gasteiger partial charge in [-0.3, -0.25) is 14.2 Å². The van der Waals surface area contributed by atoms with Crippen LogP contribution in [-0.2, 0) is 11.3 Å². The molecule has 2 rings (SSSR count). The summed E-state index contributed by atoms with van der Waals surface area (Å²) in [6.07, 6.45) is 1.42. The Balaban J connectivity index is 2.46. The zero-order valence-electron chi connectivity index (χ0n) is 10.4. The maximum atomic E-state index is 12.2. The SMILES string of the molecule is CCNC(=O)Cn1cnc2c(C)cccc2c1=O. The third kappa shape index (κ3) is 2.25. The molecule has 0 atom stereocenters. The first kappa shape index (κ1) is 12.3. The highest BCUT2D eigenvalue weighted by Gasteiger charge is 2.08. The molecule has 18 heavy (non-hydrogen) atoms. The average Bonchev–Trinajstić information content (AvgIpc) is 2.34. The molecule has 0 fully saturated rings. The summed E-state index contributed by atoms with van der Waals surface area (Å²) in [5, 5.41) is 3.20. The minimum atomic E-state index is -0.187. The number of carbonyl (C=O) groups excluding carboxylic acids is 1. The molecule has 0 aliphatic rings. The second kappa shape index (κ2) is 5.00. The lowest BCUT2D eigenvalue weighted by Gasteiger charge is -2.07. The Hall–Kier alpha value is -2.17. The molecular formula is C13H15N3O2. The highest BCUT2D eigenvalue weighted by atomic mass is 16.2. The minimum absolute atomic E-state index is 0.00353. The summed E-state index contributed by atoms with van der Waals surface area (Å²) in [6.45, 7) is 4.29. The predicted molar refractivity (Wildman–Crippen MR) is 69.4 cm³/mol. The van der Waals surface area contributed by atoms with E-state index in [0.29, 0.717) is 17.4 Å². The number of aromatic nitrogens is 2. The number of carbonyl (C=O) groups is 1. The predicted octanol–water partition coefficient (Wildman–Crippen LogP) is 0.841. The van der Waals surface area contributed by atoms with Gasteiger partial charge in [-0.1, -0.05) is 12.1 Å². The number of hydrogen-bond donors (Lipinski definition) is 1. The van der Waals surface area contributed by atoms with Crippen molar-refractivity contribution in [2.45, 2.75) is 20.4 Å². The van der Waals surface area contributed by atoms with Crippen LogP contribution in [0, 0.1) is 6.92 Å². The third-order valence-corrected chi connectivity index (χ3v) is 2.74. The van der Waals surface area contributed by atoms with Crippen LogP contribution in [0.3, 0.4) is 0 Å². The molecule has 0 bridgehead atoms. The summed E-state index contributed by atoms with van der Waals surface area (Å²) in [7, 11) is 0. The van der Waals surface area contributed by atoms with Gasteiger partial charge in [0.1, 0.15) is 6.54 Å². The summed E-state index contributed by atoms with van der Waals surface area (Å²) in [6, 6.07) is 5.45. The lowest BCUT2D eigenvalue weighted by atomic mass is 10.1. The fourth-order valence-corrected chi connectivity index (χ4v) is 1.86. The molecule has 0 saturated carbocycles. The molecule has 94 valence electrons. The van der Waals surface area contributed by atoms with Crippen molar-refractivity contribution in [2.75, 3.05) is 6.54 Å². The van der Waals surface area contributed by atoms with Crippen LogP contribution < -0.4 is 10.9 Å². The molecule has 0 aliphatic heterocycles. The summed E-state index contributed by atoms with van der Waals surface area (Å²) >= 11 is 0. The van der Waals surface area contributed by atoms with Crippen LogP contribution in [-0.4, -0.2) is 22.0 Å². The molecule has 5 heteroatoms. The largest absolute Gasteiger partial charge is 0.355 e. The number of fused-ring (bicyclic) bond motifs is 1. The smallest absolute Gasteiger partial charge is 0.261 e. The van der Waals surface area contributed by atoms with E-state index < -0.39 is 0 Å². The van der Waals surface area contributed by atoms with Crippen LogP contribution in [0.1, 0.15) is 12.5 Å². The number of nitrogens with one attached hydrogen (secondary N) is 1. The van der Waals surface area contributed by atoms with E-state index in [1.54, 1.807) is 6.07 Å². The molecular weight excluding hydrogens is 230 g/mol. The van der Waals surface area contributed by atoms with Gasteiger partial charge in [-0.15, -0.1) is 0 Å². The van der Waals surface area contributed by atoms with Crippen LogP contribution in [0.5, 0.6) is 0 Å². The lowest BCUT2D eigenvalue weighted by molar-refractivity contribution is -0.121. The van der Waals surface area contributed by atoms with Crippen molar-refractivity contribution in [1.29, 1.82) is 0 Å². The van der Waals surface area contributed by atoms with Crippen LogP contribution in [0.15, 0.2) is 29.3 Å². The fourth-order valence-electron chi connectivity index (χ4n) is 1.86. The van der Waals surface area contributed by atoms with Crippen LogP contribution in [0.25, 0.3) is 10.9 Å². The molecule has 1 N–H and O–H groups in total. The molecule has 0 unspecified atom stereocenters. The summed E-state index contributed by atoms with van der Waals surface area (Å²) in [5.74, 6) is -0.187. The number of likely N-dealkylation sites (N-methyl/N-ethyl adjacent to an activating group) is 1. The number of benzene rings is 1. The molecule has 1 amide bonds. The van der Waals surface area contributed by atoms with E-state index in [1.807, 2.05) is 26.0 Å². The standard InChI is InChI=1S/C13H15N3O2/c1-3-14-11(17)7-16-8-15-12-9(2)5-4-6-10(12)13(16)18/h4-6,8H,3,7H2,1-2H3,(H,14,17). The Morgan fingerprint density at radius 1 is 1.44 bits per heavy atom. The average molecular weight is 245 g/mol. The highest BCUT2D eigenvalue weighted by Crippen LogP contribution is 2.10. The third-order valence-electron chi connectivity index (χ3n) is 2.74. The van der Waals surface area contributed by atoms with Gasteiger partial charge < -0.3 is 5.32 Å². The lowest BCUT2D eigenvalue weighted by Crippen LogP contribution is -2.32. The molecule has 1 heterocycles. The second-order valence-electron chi connectivity index (χ2n) is 4.10. The molecule has 1 aromatic carbocycles. The molecule has 0 saturated heterocycles. The Kier molecular flexibility index (Phi) is 3.41. The van der Waals surface area contributed by atoms with Gasteiger partial charge in [-0.05, 0) is 25.5 Å². The first-order chi connectivity index (χ1) is 8.63. The maximum absolute atomic E-state index is 12.2. The molecule has 0 aliphatic carbocycles. The Morgan fingerprint density at radius 3 is 2.94 bits per heavy atom. The molecule has 0 spiro atoms. The van der Waals surface area contributed by atoms with Crippen molar-refractivity contribution >= 4 is 16.8 Å². The van der Waals surface area contributed by atoms with Crippen molar-refractivity contribution in [2.24, 2.45) is 0 Å². The van der Waals surface area contributed by atoms with Crippen molar-refractivity contribution in [1.82, 2.24) is 14.9 Å². The number of para-hydroxylation sites is 1. The number of amides is 1. The maximum Gasteiger partial charge on any atom is 0.261 e. The van der Waals surface area contributed by atoms with Gasteiger partial charge in [0.05, 0.1) is 17.2 Å². The summed E-state index contributed by atoms with van der Waals surface area (Å²) in [4.78, 5) is 27.9. The first-order valence-corrected chi connectivity index (χ1v) is 5.85. The van der Waals surface area contributed by atoms with Crippen LogP contribution in [0.2, 0.25) is 0 Å². The van der Waals surface area contributed by atoms with E-state index in [-0.39, 0.29) is 18.0 Å². The molecule has 5 nitrogen and oxygen atoms in total. The van der Waals surface area contributed by atoms with E-state index in [9.17, 15) is 9.59 Å². The van der Waals surface area contributed by atoms with Gasteiger partial charge in [0.25, 0.3) is 5.56 Å². The number of nitrogens with zero attached hydrogens (tertiary/aromatic N) is 2. The molecule has 2 aromatic rings. The Morgan fingerprint density at radius 2 is 2.22 bits per heavy atom. The second-order valence-corrected chi connectivity index (χ2v) is 4.10. The Labute approximate surface area is 104 Å². The van der Waals surface area contributed by atoms with E-state index >= 15 is 0 Å². The quantitative estimate of drug-likeness (QED) is 0.871. The first-order valence-electron chi connectivity index (χ1n) is 5.85. The summed E-state index contributed by atoms with van der Waals surface area (Å²) < 4.78 is 1.33. The van der Waals surface area contributed by atoms with Gasteiger partial charge in [-0.2, -0.15) is 0 Å². The van der Waals surface area contributed by atoms with E-state index in [0.717, 1.165) is 5.56 Å². The zero-order chi connectivity index (χ0) is 13.1. The topological polar surface area (TPSA) is 64.0 Å². The molecule has 0 radical (unpaired) electrons. The number of aryl methyl sites for hydroxylation is 1.